The molecular formula is C13H13N3O3. The summed E-state index contributed by atoms with van der Waals surface area (Å²) in [7, 11) is 0. The van der Waals surface area contributed by atoms with Gasteiger partial charge >= 0.3 is 5.69 Å². The Morgan fingerprint density at radius 2 is 1.89 bits per heavy atom. The average molecular weight is 259 g/mol. The predicted octanol–water partition coefficient (Wildman–Crippen LogP) is 0.242. The molecule has 2 aromatic rings. The highest BCUT2D eigenvalue weighted by molar-refractivity contribution is 5.94. The van der Waals surface area contributed by atoms with Crippen LogP contribution in [0.3, 0.4) is 0 Å². The number of hydrogen-bond acceptors (Lipinski definition) is 3. The van der Waals surface area contributed by atoms with Crippen LogP contribution in [0.5, 0.6) is 0 Å². The quantitative estimate of drug-likeness (QED) is 0.808. The third kappa shape index (κ3) is 2.33. The van der Waals surface area contributed by atoms with E-state index in [1.165, 1.54) is 16.8 Å². The lowest BCUT2D eigenvalue weighted by Crippen LogP contribution is -2.30. The molecule has 0 radical (unpaired) electrons. The Morgan fingerprint density at radius 1 is 1.21 bits per heavy atom. The van der Waals surface area contributed by atoms with E-state index in [-0.39, 0.29) is 0 Å². The van der Waals surface area contributed by atoms with Gasteiger partial charge in [-0.1, -0.05) is 6.07 Å². The van der Waals surface area contributed by atoms with Crippen LogP contribution in [-0.4, -0.2) is 15.5 Å². The molecule has 0 saturated heterocycles. The first-order valence-electron chi connectivity index (χ1n) is 5.63. The molecular weight excluding hydrogens is 246 g/mol. The maximum Gasteiger partial charge on any atom is 0.332 e. The molecule has 0 unspecified atom stereocenters. The van der Waals surface area contributed by atoms with Gasteiger partial charge in [-0.05, 0) is 31.5 Å². The van der Waals surface area contributed by atoms with Gasteiger partial charge in [-0.2, -0.15) is 0 Å². The number of primary amides is 1. The molecule has 2 rings (SSSR count). The van der Waals surface area contributed by atoms with E-state index in [2.05, 4.69) is 4.98 Å². The number of carbonyl (C=O) groups excluding carboxylic acids is 1. The topological polar surface area (TPSA) is 97.9 Å². The van der Waals surface area contributed by atoms with Crippen LogP contribution >= 0.6 is 0 Å². The van der Waals surface area contributed by atoms with E-state index >= 15 is 0 Å². The zero-order valence-corrected chi connectivity index (χ0v) is 10.6. The van der Waals surface area contributed by atoms with Crippen LogP contribution in [0.25, 0.3) is 5.69 Å². The average Bonchev–Trinajstić information content (AvgIpc) is 2.34. The maximum absolute atomic E-state index is 11.8. The summed E-state index contributed by atoms with van der Waals surface area (Å²) < 4.78 is 1.27. The van der Waals surface area contributed by atoms with Crippen LogP contribution < -0.4 is 17.0 Å². The second kappa shape index (κ2) is 4.56. The van der Waals surface area contributed by atoms with Crippen molar-refractivity contribution in [2.45, 2.75) is 13.8 Å². The maximum atomic E-state index is 11.8. The lowest BCUT2D eigenvalue weighted by molar-refractivity contribution is 0.0999. The number of aromatic nitrogens is 2. The highest BCUT2D eigenvalue weighted by Gasteiger charge is 2.09. The van der Waals surface area contributed by atoms with Crippen molar-refractivity contribution in [3.8, 4) is 5.69 Å². The van der Waals surface area contributed by atoms with Crippen molar-refractivity contribution in [1.29, 1.82) is 0 Å². The Morgan fingerprint density at radius 3 is 2.53 bits per heavy atom. The standard InChI is InChI=1S/C13H13N3O3/c1-7-3-4-9(5-10(7)11(14)17)16-6-8(2)12(18)15-13(16)19/h3-6H,1-2H3,(H2,14,17)(H,15,18,19). The van der Waals surface area contributed by atoms with E-state index in [9.17, 15) is 14.4 Å². The fourth-order valence-corrected chi connectivity index (χ4v) is 1.78. The van der Waals surface area contributed by atoms with Crippen molar-refractivity contribution >= 4 is 5.91 Å². The summed E-state index contributed by atoms with van der Waals surface area (Å²) in [4.78, 5) is 36.6. The number of benzene rings is 1. The number of nitrogens with two attached hydrogens (primary N) is 1. The molecule has 0 aliphatic carbocycles. The molecule has 3 N–H and O–H groups in total. The van der Waals surface area contributed by atoms with Crippen molar-refractivity contribution in [1.82, 2.24) is 9.55 Å². The zero-order chi connectivity index (χ0) is 14.2. The lowest BCUT2D eigenvalue weighted by atomic mass is 10.1. The van der Waals surface area contributed by atoms with Gasteiger partial charge in [0.15, 0.2) is 0 Å². The van der Waals surface area contributed by atoms with Crippen molar-refractivity contribution in [3.63, 3.8) is 0 Å². The zero-order valence-electron chi connectivity index (χ0n) is 10.6. The highest BCUT2D eigenvalue weighted by Crippen LogP contribution is 2.13. The minimum Gasteiger partial charge on any atom is -0.366 e. The Kier molecular flexibility index (Phi) is 3.08. The largest absolute Gasteiger partial charge is 0.366 e. The van der Waals surface area contributed by atoms with Gasteiger partial charge < -0.3 is 5.73 Å². The van der Waals surface area contributed by atoms with Gasteiger partial charge in [-0.3, -0.25) is 19.1 Å². The molecule has 19 heavy (non-hydrogen) atoms. The Bertz CT molecular complexity index is 771. The number of aryl methyl sites for hydroxylation is 2. The molecule has 0 bridgehead atoms. The Hall–Kier alpha value is -2.63. The van der Waals surface area contributed by atoms with Crippen molar-refractivity contribution in [3.05, 3.63) is 61.9 Å². The summed E-state index contributed by atoms with van der Waals surface area (Å²) in [6.07, 6.45) is 1.43. The summed E-state index contributed by atoms with van der Waals surface area (Å²) in [6, 6.07) is 4.90. The van der Waals surface area contributed by atoms with Gasteiger partial charge in [0, 0.05) is 17.3 Å². The van der Waals surface area contributed by atoms with Gasteiger partial charge in [0.2, 0.25) is 5.91 Å². The minimum atomic E-state index is -0.562. The Labute approximate surface area is 108 Å². The minimum absolute atomic E-state index is 0.341. The molecule has 1 aromatic heterocycles. The molecule has 0 atom stereocenters. The number of aromatic amines is 1. The van der Waals surface area contributed by atoms with E-state index in [0.717, 1.165) is 5.56 Å². The van der Waals surface area contributed by atoms with Gasteiger partial charge in [0.1, 0.15) is 0 Å². The molecule has 0 saturated carbocycles. The first kappa shape index (κ1) is 12.8. The number of hydrogen-bond donors (Lipinski definition) is 2. The van der Waals surface area contributed by atoms with Crippen molar-refractivity contribution in [2.24, 2.45) is 5.73 Å². The summed E-state index contributed by atoms with van der Waals surface area (Å²) >= 11 is 0. The van der Waals surface area contributed by atoms with Crippen LogP contribution in [0, 0.1) is 13.8 Å². The van der Waals surface area contributed by atoms with Gasteiger partial charge in [-0.25, -0.2) is 4.79 Å². The molecule has 0 aliphatic rings. The third-order valence-corrected chi connectivity index (χ3v) is 2.88. The predicted molar refractivity (Wildman–Crippen MR) is 70.7 cm³/mol. The van der Waals surface area contributed by atoms with E-state index in [4.69, 9.17) is 5.73 Å². The van der Waals surface area contributed by atoms with E-state index in [0.29, 0.717) is 16.8 Å². The number of H-pyrrole nitrogens is 1. The fourth-order valence-electron chi connectivity index (χ4n) is 1.78. The fraction of sp³-hybridized carbons (Fsp3) is 0.154. The summed E-state index contributed by atoms with van der Waals surface area (Å²) in [5, 5.41) is 0. The Balaban J connectivity index is 2.70. The normalized spacial score (nSPS) is 10.4. The van der Waals surface area contributed by atoms with Crippen LogP contribution in [0.15, 0.2) is 34.0 Å². The first-order chi connectivity index (χ1) is 8.90. The molecule has 98 valence electrons. The summed E-state index contributed by atoms with van der Waals surface area (Å²) in [5.41, 5.74) is 6.23. The third-order valence-electron chi connectivity index (χ3n) is 2.88. The van der Waals surface area contributed by atoms with Crippen LogP contribution in [0.4, 0.5) is 0 Å². The molecule has 1 heterocycles. The van der Waals surface area contributed by atoms with Crippen LogP contribution in [0.1, 0.15) is 21.5 Å². The van der Waals surface area contributed by atoms with E-state index < -0.39 is 17.2 Å². The number of amides is 1. The number of nitrogens with zero attached hydrogens (tertiary/aromatic N) is 1. The van der Waals surface area contributed by atoms with Crippen LogP contribution in [-0.2, 0) is 0 Å². The molecule has 0 aliphatic heterocycles. The van der Waals surface area contributed by atoms with Gasteiger partial charge in [0.05, 0.1) is 5.69 Å². The van der Waals surface area contributed by atoms with E-state index in [1.807, 2.05) is 0 Å². The second-order valence-corrected chi connectivity index (χ2v) is 4.30. The lowest BCUT2D eigenvalue weighted by Gasteiger charge is -2.09. The molecule has 1 aromatic carbocycles. The molecule has 0 spiro atoms. The molecule has 6 heteroatoms. The highest BCUT2D eigenvalue weighted by atomic mass is 16.2. The summed E-state index contributed by atoms with van der Waals surface area (Å²) in [6.45, 7) is 3.35. The molecule has 1 amide bonds. The summed E-state index contributed by atoms with van der Waals surface area (Å²) in [5.74, 6) is -0.562. The monoisotopic (exact) mass is 259 g/mol. The number of carbonyl (C=O) groups is 1. The van der Waals surface area contributed by atoms with Gasteiger partial charge in [-0.15, -0.1) is 0 Å². The SMILES string of the molecule is Cc1ccc(-n2cc(C)c(=O)[nH]c2=O)cc1C(N)=O. The van der Waals surface area contributed by atoms with Crippen molar-refractivity contribution in [2.75, 3.05) is 0 Å². The first-order valence-corrected chi connectivity index (χ1v) is 5.63. The molecule has 6 nitrogen and oxygen atoms in total. The number of rotatable bonds is 2. The van der Waals surface area contributed by atoms with E-state index in [1.54, 1.807) is 26.0 Å². The smallest absolute Gasteiger partial charge is 0.332 e. The van der Waals surface area contributed by atoms with Crippen molar-refractivity contribution < 1.29 is 4.79 Å². The number of nitrogens with one attached hydrogen (secondary N) is 1. The van der Waals surface area contributed by atoms with Gasteiger partial charge in [0.25, 0.3) is 5.56 Å². The van der Waals surface area contributed by atoms with Crippen LogP contribution in [0.2, 0.25) is 0 Å². The molecule has 0 fully saturated rings. The second-order valence-electron chi connectivity index (χ2n) is 4.30.